The minimum Gasteiger partial charge on any atom is -0.464 e. The van der Waals surface area contributed by atoms with Crippen molar-refractivity contribution in [3.63, 3.8) is 0 Å². The number of pyridine rings is 1. The Kier molecular flexibility index (Phi) is 4.71. The van der Waals surface area contributed by atoms with Gasteiger partial charge >= 0.3 is 0 Å². The molecule has 0 bridgehead atoms. The summed E-state index contributed by atoms with van der Waals surface area (Å²) in [5.41, 5.74) is 0.902. The summed E-state index contributed by atoms with van der Waals surface area (Å²) in [7, 11) is 0. The number of hydrogen-bond acceptors (Lipinski definition) is 3. The van der Waals surface area contributed by atoms with E-state index in [1.807, 2.05) is 12.1 Å². The summed E-state index contributed by atoms with van der Waals surface area (Å²) in [5, 5.41) is 2.62. The van der Waals surface area contributed by atoms with Crippen molar-refractivity contribution < 1.29 is 9.53 Å². The number of anilines is 1. The maximum absolute atomic E-state index is 11.3. The van der Waals surface area contributed by atoms with Crippen molar-refractivity contribution >= 4 is 11.7 Å². The number of nitrogens with one attached hydrogen (secondary N) is 1. The van der Waals surface area contributed by atoms with Crippen LogP contribution in [0.3, 0.4) is 0 Å². The van der Waals surface area contributed by atoms with Gasteiger partial charge in [-0.3, -0.25) is 4.79 Å². The van der Waals surface area contributed by atoms with E-state index in [1.54, 1.807) is 0 Å². The summed E-state index contributed by atoms with van der Waals surface area (Å²) in [5.74, 6) is 2.88. The highest BCUT2D eigenvalue weighted by atomic mass is 16.5. The first kappa shape index (κ1) is 14.8. The van der Waals surface area contributed by atoms with E-state index in [9.17, 15) is 4.79 Å². The first-order chi connectivity index (χ1) is 8.86. The van der Waals surface area contributed by atoms with Crippen molar-refractivity contribution in [3.05, 3.63) is 30.4 Å². The lowest BCUT2D eigenvalue weighted by Gasteiger charge is -2.20. The van der Waals surface area contributed by atoms with Crippen LogP contribution in [-0.4, -0.2) is 17.5 Å². The van der Waals surface area contributed by atoms with E-state index in [-0.39, 0.29) is 17.9 Å². The van der Waals surface area contributed by atoms with E-state index in [4.69, 9.17) is 11.2 Å². The van der Waals surface area contributed by atoms with Crippen LogP contribution in [0.5, 0.6) is 5.88 Å². The lowest BCUT2D eigenvalue weighted by atomic mass is 9.87. The van der Waals surface area contributed by atoms with Gasteiger partial charge in [0.25, 0.3) is 0 Å². The van der Waals surface area contributed by atoms with Crippen LogP contribution in [0.15, 0.2) is 24.8 Å². The molecule has 1 aromatic heterocycles. The molecule has 0 atom stereocenters. The monoisotopic (exact) mass is 258 g/mol. The number of carbonyl (C=O) groups excluding carboxylic acids is 1. The zero-order chi connectivity index (χ0) is 14.5. The molecule has 100 valence electrons. The van der Waals surface area contributed by atoms with Crippen LogP contribution in [0.1, 0.15) is 26.3 Å². The SMILES string of the molecule is C#CCOc1cc(C(C)(C)C)cc(NC(=O)C=C)n1. The molecular weight excluding hydrogens is 240 g/mol. The minimum atomic E-state index is -0.318. The Morgan fingerprint density at radius 1 is 1.58 bits per heavy atom. The van der Waals surface area contributed by atoms with Crippen LogP contribution in [0, 0.1) is 12.3 Å². The van der Waals surface area contributed by atoms with Gasteiger partial charge in [-0.05, 0) is 23.1 Å². The number of nitrogens with zero attached hydrogens (tertiary/aromatic N) is 1. The molecule has 0 saturated carbocycles. The second-order valence-corrected chi connectivity index (χ2v) is 5.02. The molecule has 0 saturated heterocycles. The summed E-state index contributed by atoms with van der Waals surface area (Å²) in [6, 6.07) is 3.63. The van der Waals surface area contributed by atoms with Gasteiger partial charge in [0.2, 0.25) is 11.8 Å². The Hall–Kier alpha value is -2.28. The van der Waals surface area contributed by atoms with Crippen LogP contribution in [-0.2, 0) is 10.2 Å². The van der Waals surface area contributed by atoms with Crippen molar-refractivity contribution in [2.75, 3.05) is 11.9 Å². The number of terminal acetylenes is 1. The highest BCUT2D eigenvalue weighted by Crippen LogP contribution is 2.27. The van der Waals surface area contributed by atoms with Gasteiger partial charge in [-0.1, -0.05) is 33.3 Å². The Morgan fingerprint density at radius 3 is 2.79 bits per heavy atom. The van der Waals surface area contributed by atoms with Crippen LogP contribution in [0.4, 0.5) is 5.82 Å². The Labute approximate surface area is 113 Å². The first-order valence-electron chi connectivity index (χ1n) is 5.89. The van der Waals surface area contributed by atoms with Gasteiger partial charge in [0.1, 0.15) is 5.82 Å². The molecule has 1 N–H and O–H groups in total. The Morgan fingerprint density at radius 2 is 2.26 bits per heavy atom. The molecule has 4 heteroatoms. The van der Waals surface area contributed by atoms with Gasteiger partial charge in [0.15, 0.2) is 6.61 Å². The highest BCUT2D eigenvalue weighted by Gasteiger charge is 2.17. The molecule has 0 aliphatic heterocycles. The number of ether oxygens (including phenoxy) is 1. The molecule has 1 amide bonds. The maximum atomic E-state index is 11.3. The van der Waals surface area contributed by atoms with Gasteiger partial charge in [-0.2, -0.15) is 4.98 Å². The largest absolute Gasteiger partial charge is 0.464 e. The third-order valence-electron chi connectivity index (χ3n) is 2.41. The topological polar surface area (TPSA) is 51.2 Å². The second kappa shape index (κ2) is 6.05. The predicted molar refractivity (Wildman–Crippen MR) is 76.1 cm³/mol. The molecule has 1 rings (SSSR count). The molecule has 0 spiro atoms. The average molecular weight is 258 g/mol. The average Bonchev–Trinajstić information content (AvgIpc) is 2.34. The van der Waals surface area contributed by atoms with Gasteiger partial charge in [-0.25, -0.2) is 0 Å². The smallest absolute Gasteiger partial charge is 0.248 e. The highest BCUT2D eigenvalue weighted by molar-refractivity contribution is 5.98. The van der Waals surface area contributed by atoms with Crippen LogP contribution in [0.25, 0.3) is 0 Å². The molecule has 0 unspecified atom stereocenters. The zero-order valence-corrected chi connectivity index (χ0v) is 11.5. The second-order valence-electron chi connectivity index (χ2n) is 5.02. The van der Waals surface area contributed by atoms with Crippen molar-refractivity contribution in [2.45, 2.75) is 26.2 Å². The molecule has 1 aromatic rings. The number of hydrogen-bond donors (Lipinski definition) is 1. The molecule has 1 heterocycles. The summed E-state index contributed by atoms with van der Waals surface area (Å²) in [6.45, 7) is 9.72. The molecule has 0 fully saturated rings. The first-order valence-corrected chi connectivity index (χ1v) is 5.89. The lowest BCUT2D eigenvalue weighted by molar-refractivity contribution is -0.111. The lowest BCUT2D eigenvalue weighted by Crippen LogP contribution is -2.15. The standard InChI is InChI=1S/C15H18N2O2/c1-6-8-19-14-10-11(15(3,4)5)9-12(17-14)16-13(18)7-2/h1,7,9-10H,2,8H2,3-5H3,(H,16,17,18). The van der Waals surface area contributed by atoms with E-state index >= 15 is 0 Å². The quantitative estimate of drug-likeness (QED) is 0.667. The molecule has 0 aromatic carbocycles. The minimum absolute atomic E-state index is 0.0924. The van der Waals surface area contributed by atoms with Gasteiger partial charge in [0, 0.05) is 6.07 Å². The number of carbonyl (C=O) groups is 1. The normalized spacial score (nSPS) is 10.4. The van der Waals surface area contributed by atoms with Gasteiger partial charge in [-0.15, -0.1) is 6.42 Å². The molecule has 4 nitrogen and oxygen atoms in total. The van der Waals surface area contributed by atoms with Crippen molar-refractivity contribution in [1.82, 2.24) is 4.98 Å². The molecule has 19 heavy (non-hydrogen) atoms. The summed E-state index contributed by atoms with van der Waals surface area (Å²) in [4.78, 5) is 15.5. The summed E-state index contributed by atoms with van der Waals surface area (Å²) < 4.78 is 5.32. The predicted octanol–water partition coefficient (Wildman–Crippen LogP) is 2.52. The maximum Gasteiger partial charge on any atom is 0.248 e. The molecular formula is C15H18N2O2. The Balaban J connectivity index is 3.13. The molecule has 0 radical (unpaired) electrons. The number of aromatic nitrogens is 1. The van der Waals surface area contributed by atoms with Crippen LogP contribution < -0.4 is 10.1 Å². The van der Waals surface area contributed by atoms with E-state index < -0.39 is 0 Å². The van der Waals surface area contributed by atoms with Gasteiger partial charge in [0.05, 0.1) is 0 Å². The summed E-state index contributed by atoms with van der Waals surface area (Å²) >= 11 is 0. The third kappa shape index (κ3) is 4.47. The van der Waals surface area contributed by atoms with E-state index in [0.29, 0.717) is 11.7 Å². The summed E-state index contributed by atoms with van der Waals surface area (Å²) in [6.07, 6.45) is 6.34. The van der Waals surface area contributed by atoms with Gasteiger partial charge < -0.3 is 10.1 Å². The van der Waals surface area contributed by atoms with E-state index in [0.717, 1.165) is 5.56 Å². The fourth-order valence-electron chi connectivity index (χ4n) is 1.37. The van der Waals surface area contributed by atoms with Crippen molar-refractivity contribution in [3.8, 4) is 18.2 Å². The third-order valence-corrected chi connectivity index (χ3v) is 2.41. The van der Waals surface area contributed by atoms with Crippen molar-refractivity contribution in [1.29, 1.82) is 0 Å². The van der Waals surface area contributed by atoms with E-state index in [1.165, 1.54) is 6.08 Å². The molecule has 0 aliphatic carbocycles. The van der Waals surface area contributed by atoms with Crippen LogP contribution >= 0.6 is 0 Å². The van der Waals surface area contributed by atoms with Crippen molar-refractivity contribution in [2.24, 2.45) is 0 Å². The fourth-order valence-corrected chi connectivity index (χ4v) is 1.37. The Bertz CT molecular complexity index is 522. The number of rotatable bonds is 4. The fraction of sp³-hybridized carbons (Fsp3) is 0.333. The zero-order valence-electron chi connectivity index (χ0n) is 11.5. The van der Waals surface area contributed by atoms with E-state index in [2.05, 4.69) is 43.6 Å². The molecule has 0 aliphatic rings. The van der Waals surface area contributed by atoms with Crippen LogP contribution in [0.2, 0.25) is 0 Å². The number of amides is 1.